The van der Waals surface area contributed by atoms with E-state index in [1.807, 2.05) is 24.3 Å². The van der Waals surface area contributed by atoms with Gasteiger partial charge in [0.05, 0.1) is 9.72 Å². The predicted octanol–water partition coefficient (Wildman–Crippen LogP) is 5.26. The Kier molecular flexibility index (Phi) is 6.54. The van der Waals surface area contributed by atoms with Crippen LogP contribution in [0.4, 0.5) is 5.82 Å². The first-order chi connectivity index (χ1) is 14.6. The third kappa shape index (κ3) is 5.12. The molecule has 0 bridgehead atoms. The average molecular weight is 448 g/mol. The van der Waals surface area contributed by atoms with Crippen LogP contribution in [0, 0.1) is 0 Å². The zero-order valence-electron chi connectivity index (χ0n) is 16.3. The normalized spacial score (nSPS) is 12.4. The van der Waals surface area contributed by atoms with E-state index in [1.54, 1.807) is 0 Å². The zero-order chi connectivity index (χ0) is 20.9. The summed E-state index contributed by atoms with van der Waals surface area (Å²) in [6, 6.07) is 7.76. The number of fused-ring (bicyclic) bond motifs is 2. The number of halogens is 1. The lowest BCUT2D eigenvalue weighted by atomic mass is 10.1. The average Bonchev–Trinajstić information content (AvgIpc) is 3.33. The Morgan fingerprint density at radius 1 is 1.13 bits per heavy atom. The van der Waals surface area contributed by atoms with Crippen molar-refractivity contribution in [1.29, 1.82) is 0 Å². The molecule has 0 aliphatic carbocycles. The number of rotatable bonds is 10. The van der Waals surface area contributed by atoms with E-state index in [0.29, 0.717) is 17.3 Å². The number of carboxylic acids is 1. The molecule has 3 aromatic rings. The molecule has 1 aliphatic heterocycles. The van der Waals surface area contributed by atoms with Gasteiger partial charge in [-0.05, 0) is 36.6 Å². The van der Waals surface area contributed by atoms with Gasteiger partial charge in [-0.2, -0.15) is 0 Å². The zero-order valence-corrected chi connectivity index (χ0v) is 17.9. The molecule has 7 nitrogen and oxygen atoms in total. The van der Waals surface area contributed by atoms with Gasteiger partial charge in [-0.15, -0.1) is 11.3 Å². The van der Waals surface area contributed by atoms with Crippen LogP contribution in [0.2, 0.25) is 4.34 Å². The van der Waals surface area contributed by atoms with E-state index in [2.05, 4.69) is 10.3 Å². The van der Waals surface area contributed by atoms with Crippen molar-refractivity contribution in [2.24, 2.45) is 0 Å². The first-order valence-electron chi connectivity index (χ1n) is 9.88. The minimum absolute atomic E-state index is 0.226. The van der Waals surface area contributed by atoms with Crippen molar-refractivity contribution in [3.8, 4) is 11.5 Å². The van der Waals surface area contributed by atoms with Crippen LogP contribution in [0.15, 0.2) is 24.3 Å². The molecule has 2 aromatic heterocycles. The number of benzene rings is 1. The Hall–Kier alpha value is -2.58. The molecule has 0 atom stereocenters. The lowest BCUT2D eigenvalue weighted by Crippen LogP contribution is -2.05. The Balaban J connectivity index is 1.41. The number of nitrogens with zero attached hydrogens (tertiary/aromatic N) is 2. The van der Waals surface area contributed by atoms with Gasteiger partial charge in [0.1, 0.15) is 16.5 Å². The van der Waals surface area contributed by atoms with E-state index in [-0.39, 0.29) is 13.2 Å². The molecular weight excluding hydrogens is 426 g/mol. The van der Waals surface area contributed by atoms with Gasteiger partial charge in [0.2, 0.25) is 6.79 Å². The third-order valence-electron chi connectivity index (χ3n) is 4.85. The summed E-state index contributed by atoms with van der Waals surface area (Å²) in [6.07, 6.45) is 4.46. The fraction of sp³-hybridized carbons (Fsp3) is 0.381. The lowest BCUT2D eigenvalue weighted by molar-refractivity contribution is -0.137. The van der Waals surface area contributed by atoms with E-state index in [4.69, 9.17) is 31.2 Å². The van der Waals surface area contributed by atoms with E-state index in [1.165, 1.54) is 11.3 Å². The van der Waals surface area contributed by atoms with Crippen molar-refractivity contribution in [3.05, 3.63) is 40.0 Å². The molecule has 0 radical (unpaired) electrons. The summed E-state index contributed by atoms with van der Waals surface area (Å²) in [5.41, 5.74) is 1.06. The van der Waals surface area contributed by atoms with Crippen LogP contribution < -0.4 is 14.8 Å². The molecule has 30 heavy (non-hydrogen) atoms. The van der Waals surface area contributed by atoms with E-state index < -0.39 is 5.97 Å². The van der Waals surface area contributed by atoms with Crippen molar-refractivity contribution in [2.75, 3.05) is 12.1 Å². The quantitative estimate of drug-likeness (QED) is 0.409. The van der Waals surface area contributed by atoms with Crippen LogP contribution >= 0.6 is 22.9 Å². The number of carbonyl (C=O) groups is 1. The summed E-state index contributed by atoms with van der Waals surface area (Å²) in [5, 5.41) is 13.0. The molecule has 3 heterocycles. The molecule has 4 rings (SSSR count). The molecule has 9 heteroatoms. The number of hydrogen-bond donors (Lipinski definition) is 2. The monoisotopic (exact) mass is 447 g/mol. The number of ether oxygens (including phenoxy) is 2. The van der Waals surface area contributed by atoms with Crippen molar-refractivity contribution in [2.45, 2.75) is 45.1 Å². The highest BCUT2D eigenvalue weighted by molar-refractivity contribution is 7.22. The summed E-state index contributed by atoms with van der Waals surface area (Å²) in [5.74, 6) is 2.31. The predicted molar refractivity (Wildman–Crippen MR) is 117 cm³/mol. The lowest BCUT2D eigenvalue weighted by Gasteiger charge is -2.10. The number of unbranched alkanes of at least 4 members (excludes halogenated alkanes) is 3. The number of hydrogen-bond acceptors (Lipinski definition) is 7. The summed E-state index contributed by atoms with van der Waals surface area (Å²) in [7, 11) is 0. The summed E-state index contributed by atoms with van der Waals surface area (Å²) < 4.78 is 11.5. The first-order valence-corrected chi connectivity index (χ1v) is 11.1. The van der Waals surface area contributed by atoms with Crippen LogP contribution in [-0.2, 0) is 17.8 Å². The third-order valence-corrected chi connectivity index (χ3v) is 6.00. The van der Waals surface area contributed by atoms with Gasteiger partial charge in [0.25, 0.3) is 0 Å². The van der Waals surface area contributed by atoms with Crippen LogP contribution in [0.5, 0.6) is 11.5 Å². The molecule has 2 N–H and O–H groups in total. The number of aliphatic carboxylic acids is 1. The van der Waals surface area contributed by atoms with E-state index in [9.17, 15) is 4.79 Å². The smallest absolute Gasteiger partial charge is 0.303 e. The molecule has 0 unspecified atom stereocenters. The number of carboxylic acid groups (broad SMARTS) is 1. The van der Waals surface area contributed by atoms with Crippen LogP contribution in [0.25, 0.3) is 10.2 Å². The van der Waals surface area contributed by atoms with Gasteiger partial charge in [-0.3, -0.25) is 4.79 Å². The van der Waals surface area contributed by atoms with Crippen molar-refractivity contribution < 1.29 is 19.4 Å². The van der Waals surface area contributed by atoms with Gasteiger partial charge >= 0.3 is 5.97 Å². The highest BCUT2D eigenvalue weighted by atomic mass is 35.5. The highest BCUT2D eigenvalue weighted by Gasteiger charge is 2.15. The molecule has 0 fully saturated rings. The number of nitrogens with one attached hydrogen (secondary N) is 1. The topological polar surface area (TPSA) is 93.6 Å². The number of aryl methyl sites for hydroxylation is 1. The second-order valence-electron chi connectivity index (χ2n) is 7.11. The Labute approximate surface area is 183 Å². The SMILES string of the molecule is O=C(O)CCCCCCc1nc(NCc2ccc3c(c2)OCO3)c2cc(Cl)sc2n1. The molecule has 1 aromatic carbocycles. The maximum Gasteiger partial charge on any atom is 0.303 e. The molecule has 0 amide bonds. The van der Waals surface area contributed by atoms with E-state index in [0.717, 1.165) is 64.6 Å². The Morgan fingerprint density at radius 3 is 2.83 bits per heavy atom. The molecular formula is C21H22ClN3O4S. The standard InChI is InChI=1S/C21H22ClN3O4S/c22-17-10-14-20(23-11-13-7-8-15-16(9-13)29-12-28-15)24-18(25-21(14)30-17)5-3-1-2-4-6-19(26)27/h7-10H,1-6,11-12H2,(H,26,27)(H,23,24,25). The number of thiophene rings is 1. The van der Waals surface area contributed by atoms with Gasteiger partial charge in [-0.25, -0.2) is 9.97 Å². The number of aromatic nitrogens is 2. The molecule has 1 aliphatic rings. The molecule has 158 valence electrons. The minimum atomic E-state index is -0.739. The molecule has 0 saturated carbocycles. The molecule has 0 saturated heterocycles. The minimum Gasteiger partial charge on any atom is -0.481 e. The second kappa shape index (κ2) is 9.49. The summed E-state index contributed by atoms with van der Waals surface area (Å²) in [6.45, 7) is 0.844. The maximum absolute atomic E-state index is 10.6. The summed E-state index contributed by atoms with van der Waals surface area (Å²) >= 11 is 7.66. The number of anilines is 1. The van der Waals surface area contributed by atoms with Crippen molar-refractivity contribution >= 4 is 44.9 Å². The fourth-order valence-corrected chi connectivity index (χ4v) is 4.44. The fourth-order valence-electron chi connectivity index (χ4n) is 3.33. The van der Waals surface area contributed by atoms with Crippen molar-refractivity contribution in [3.63, 3.8) is 0 Å². The van der Waals surface area contributed by atoms with Gasteiger partial charge < -0.3 is 19.9 Å². The Bertz CT molecular complexity index is 1060. The Morgan fingerprint density at radius 2 is 1.97 bits per heavy atom. The van der Waals surface area contributed by atoms with Gasteiger partial charge in [0.15, 0.2) is 11.5 Å². The molecule has 0 spiro atoms. The van der Waals surface area contributed by atoms with Crippen LogP contribution in [-0.4, -0.2) is 27.8 Å². The van der Waals surface area contributed by atoms with Crippen LogP contribution in [0.3, 0.4) is 0 Å². The van der Waals surface area contributed by atoms with Crippen molar-refractivity contribution in [1.82, 2.24) is 9.97 Å². The van der Waals surface area contributed by atoms with E-state index >= 15 is 0 Å². The largest absolute Gasteiger partial charge is 0.481 e. The highest BCUT2D eigenvalue weighted by Crippen LogP contribution is 2.34. The maximum atomic E-state index is 10.6. The van der Waals surface area contributed by atoms with Gasteiger partial charge in [0, 0.05) is 19.4 Å². The van der Waals surface area contributed by atoms with Crippen LogP contribution in [0.1, 0.15) is 43.5 Å². The second-order valence-corrected chi connectivity index (χ2v) is 8.77. The summed E-state index contributed by atoms with van der Waals surface area (Å²) in [4.78, 5) is 20.8. The first kappa shape index (κ1) is 20.7. The van der Waals surface area contributed by atoms with Gasteiger partial charge in [-0.1, -0.05) is 30.5 Å².